The van der Waals surface area contributed by atoms with Crippen molar-refractivity contribution in [3.8, 4) is 5.75 Å². The molecule has 4 nitrogen and oxygen atoms in total. The summed E-state index contributed by atoms with van der Waals surface area (Å²) in [6, 6.07) is 4.55. The van der Waals surface area contributed by atoms with Gasteiger partial charge < -0.3 is 15.2 Å². The number of carbonyl (C=O) groups is 1. The average molecular weight is 190 g/mol. The molecule has 0 aliphatic carbocycles. The van der Waals surface area contributed by atoms with Gasteiger partial charge in [0.15, 0.2) is 0 Å². The van der Waals surface area contributed by atoms with Gasteiger partial charge in [0.05, 0.1) is 11.5 Å². The van der Waals surface area contributed by atoms with Crippen LogP contribution < -0.4 is 5.32 Å². The molecule has 0 saturated heterocycles. The van der Waals surface area contributed by atoms with Crippen LogP contribution in [0.5, 0.6) is 5.75 Å². The van der Waals surface area contributed by atoms with E-state index in [1.54, 1.807) is 25.1 Å². The molecule has 4 heteroatoms. The fourth-order valence-electron chi connectivity index (χ4n) is 1.54. The number of aldehydes is 1. The molecule has 14 heavy (non-hydrogen) atoms. The molecule has 1 unspecified atom stereocenters. The van der Waals surface area contributed by atoms with Crippen molar-refractivity contribution in [2.24, 2.45) is 4.99 Å². The maximum absolute atomic E-state index is 10.8. The zero-order valence-electron chi connectivity index (χ0n) is 7.69. The summed E-state index contributed by atoms with van der Waals surface area (Å²) in [5.41, 5.74) is 1.29. The molecule has 72 valence electrons. The first kappa shape index (κ1) is 8.74. The van der Waals surface area contributed by atoms with Gasteiger partial charge >= 0.3 is 0 Å². The van der Waals surface area contributed by atoms with E-state index in [1.165, 1.54) is 0 Å². The number of amidine groups is 1. The number of anilines is 1. The summed E-state index contributed by atoms with van der Waals surface area (Å²) in [7, 11) is 0. The van der Waals surface area contributed by atoms with E-state index in [4.69, 9.17) is 0 Å². The molecule has 1 heterocycles. The van der Waals surface area contributed by atoms with Crippen LogP contribution in [0.4, 0.5) is 5.69 Å². The summed E-state index contributed by atoms with van der Waals surface area (Å²) in [5, 5.41) is 12.5. The van der Waals surface area contributed by atoms with E-state index in [-0.39, 0.29) is 5.75 Å². The van der Waals surface area contributed by atoms with E-state index in [1.807, 2.05) is 0 Å². The van der Waals surface area contributed by atoms with E-state index in [0.717, 1.165) is 6.29 Å². The minimum absolute atomic E-state index is 0.142. The fraction of sp³-hybridized carbons (Fsp3) is 0.200. The summed E-state index contributed by atoms with van der Waals surface area (Å²) in [6.45, 7) is 1.76. The van der Waals surface area contributed by atoms with Crippen molar-refractivity contribution in [2.45, 2.75) is 13.0 Å². The van der Waals surface area contributed by atoms with Crippen LogP contribution >= 0.6 is 0 Å². The number of phenols is 1. The molecule has 0 aromatic heterocycles. The number of hydrogen-bond acceptors (Lipinski definition) is 4. The molecule has 1 aliphatic heterocycles. The van der Waals surface area contributed by atoms with Gasteiger partial charge in [-0.15, -0.1) is 0 Å². The number of nitrogens with one attached hydrogen (secondary N) is 1. The number of rotatable bonds is 1. The minimum atomic E-state index is -0.502. The van der Waals surface area contributed by atoms with Gasteiger partial charge in [-0.25, -0.2) is 0 Å². The Kier molecular flexibility index (Phi) is 1.96. The number of benzene rings is 1. The Bertz CT molecular complexity index is 413. The van der Waals surface area contributed by atoms with Crippen LogP contribution in [0.15, 0.2) is 23.2 Å². The van der Waals surface area contributed by atoms with Crippen LogP contribution in [-0.2, 0) is 4.79 Å². The normalized spacial score (nSPS) is 19.2. The number of fused-ring (bicyclic) bond motifs is 1. The van der Waals surface area contributed by atoms with Gasteiger partial charge in [0.2, 0.25) is 0 Å². The van der Waals surface area contributed by atoms with Gasteiger partial charge in [-0.05, 0) is 13.0 Å². The molecule has 0 bridgehead atoms. The number of aromatic hydroxyl groups is 1. The van der Waals surface area contributed by atoms with Crippen LogP contribution in [0, 0.1) is 0 Å². The Morgan fingerprint density at radius 1 is 1.57 bits per heavy atom. The summed E-state index contributed by atoms with van der Waals surface area (Å²) in [5.74, 6) is 0.778. The first-order valence-corrected chi connectivity index (χ1v) is 4.31. The van der Waals surface area contributed by atoms with Gasteiger partial charge in [-0.1, -0.05) is 12.1 Å². The van der Waals surface area contributed by atoms with E-state index in [9.17, 15) is 9.90 Å². The molecule has 0 radical (unpaired) electrons. The van der Waals surface area contributed by atoms with Crippen molar-refractivity contribution in [1.29, 1.82) is 0 Å². The van der Waals surface area contributed by atoms with Gasteiger partial charge in [-0.3, -0.25) is 4.99 Å². The molecule has 0 saturated carbocycles. The topological polar surface area (TPSA) is 61.7 Å². The highest BCUT2D eigenvalue weighted by Gasteiger charge is 2.20. The van der Waals surface area contributed by atoms with E-state index in [2.05, 4.69) is 10.3 Å². The van der Waals surface area contributed by atoms with Crippen LogP contribution in [0.25, 0.3) is 0 Å². The first-order valence-electron chi connectivity index (χ1n) is 4.31. The molecule has 2 N–H and O–H groups in total. The molecule has 2 rings (SSSR count). The molecule has 0 fully saturated rings. The lowest BCUT2D eigenvalue weighted by Crippen LogP contribution is -2.18. The molecule has 1 aromatic rings. The van der Waals surface area contributed by atoms with Crippen molar-refractivity contribution in [2.75, 3.05) is 5.32 Å². The SMILES string of the molecule is CC1=NC(C=O)c2cccc(O)c2N1. The zero-order chi connectivity index (χ0) is 10.1. The summed E-state index contributed by atoms with van der Waals surface area (Å²) < 4.78 is 0. The molecule has 1 atom stereocenters. The molecular weight excluding hydrogens is 180 g/mol. The second kappa shape index (κ2) is 3.14. The van der Waals surface area contributed by atoms with Gasteiger partial charge in [0.25, 0.3) is 0 Å². The Morgan fingerprint density at radius 2 is 2.36 bits per heavy atom. The van der Waals surface area contributed by atoms with Crippen LogP contribution in [0.1, 0.15) is 18.5 Å². The molecule has 1 aliphatic rings. The summed E-state index contributed by atoms with van der Waals surface area (Å²) in [6.07, 6.45) is 0.766. The first-order chi connectivity index (χ1) is 6.72. The number of para-hydroxylation sites is 1. The van der Waals surface area contributed by atoms with Crippen molar-refractivity contribution in [3.05, 3.63) is 23.8 Å². The summed E-state index contributed by atoms with van der Waals surface area (Å²) >= 11 is 0. The van der Waals surface area contributed by atoms with Crippen LogP contribution in [0.2, 0.25) is 0 Å². The van der Waals surface area contributed by atoms with Crippen molar-refractivity contribution in [3.63, 3.8) is 0 Å². The fourth-order valence-corrected chi connectivity index (χ4v) is 1.54. The van der Waals surface area contributed by atoms with Crippen LogP contribution in [0.3, 0.4) is 0 Å². The number of carbonyl (C=O) groups excluding carboxylic acids is 1. The smallest absolute Gasteiger partial charge is 0.149 e. The van der Waals surface area contributed by atoms with E-state index >= 15 is 0 Å². The Balaban J connectivity index is 2.57. The molecule has 0 amide bonds. The van der Waals surface area contributed by atoms with Crippen molar-refractivity contribution in [1.82, 2.24) is 0 Å². The summed E-state index contributed by atoms with van der Waals surface area (Å²) in [4.78, 5) is 14.9. The quantitative estimate of drug-likeness (QED) is 0.520. The second-order valence-corrected chi connectivity index (χ2v) is 3.16. The molecule has 0 spiro atoms. The highest BCUT2D eigenvalue weighted by molar-refractivity contribution is 5.99. The largest absolute Gasteiger partial charge is 0.506 e. The predicted octanol–water partition coefficient (Wildman–Crippen LogP) is 1.48. The Hall–Kier alpha value is -1.84. The standard InChI is InChI=1S/C10H10N2O2/c1-6-11-8(5-13)7-3-2-4-9(14)10(7)12-6/h2-5,8,14H,1H3,(H,11,12). The predicted molar refractivity (Wildman–Crippen MR) is 53.6 cm³/mol. The Labute approximate surface area is 81.3 Å². The maximum Gasteiger partial charge on any atom is 0.149 e. The lowest BCUT2D eigenvalue weighted by atomic mass is 10.0. The highest BCUT2D eigenvalue weighted by atomic mass is 16.3. The maximum atomic E-state index is 10.8. The Morgan fingerprint density at radius 3 is 3.07 bits per heavy atom. The third kappa shape index (κ3) is 1.25. The van der Waals surface area contributed by atoms with E-state index < -0.39 is 6.04 Å². The molecular formula is C10H10N2O2. The van der Waals surface area contributed by atoms with Crippen LogP contribution in [-0.4, -0.2) is 17.2 Å². The monoisotopic (exact) mass is 190 g/mol. The number of hydrogen-bond donors (Lipinski definition) is 2. The average Bonchev–Trinajstić information content (AvgIpc) is 2.18. The highest BCUT2D eigenvalue weighted by Crippen LogP contribution is 2.35. The van der Waals surface area contributed by atoms with Crippen molar-refractivity contribution >= 4 is 17.8 Å². The van der Waals surface area contributed by atoms with Gasteiger partial charge in [-0.2, -0.15) is 0 Å². The van der Waals surface area contributed by atoms with Crippen molar-refractivity contribution < 1.29 is 9.90 Å². The number of phenolic OH excluding ortho intramolecular Hbond substituents is 1. The number of aliphatic imine (C=N–C) groups is 1. The zero-order valence-corrected chi connectivity index (χ0v) is 7.69. The third-order valence-electron chi connectivity index (χ3n) is 2.16. The van der Waals surface area contributed by atoms with Gasteiger partial charge in [0.1, 0.15) is 18.1 Å². The number of nitrogens with zero attached hydrogens (tertiary/aromatic N) is 1. The lowest BCUT2D eigenvalue weighted by molar-refractivity contribution is -0.108. The minimum Gasteiger partial charge on any atom is -0.506 e. The molecule has 1 aromatic carbocycles. The lowest BCUT2D eigenvalue weighted by Gasteiger charge is -2.20. The van der Waals surface area contributed by atoms with E-state index in [0.29, 0.717) is 17.1 Å². The van der Waals surface area contributed by atoms with Gasteiger partial charge in [0, 0.05) is 5.56 Å². The second-order valence-electron chi connectivity index (χ2n) is 3.16. The third-order valence-corrected chi connectivity index (χ3v) is 2.16.